The van der Waals surface area contributed by atoms with Crippen LogP contribution in [0.3, 0.4) is 0 Å². The summed E-state index contributed by atoms with van der Waals surface area (Å²) in [4.78, 5) is 11.8. The molecule has 0 aliphatic carbocycles. The van der Waals surface area contributed by atoms with Crippen molar-refractivity contribution in [1.29, 1.82) is 0 Å². The minimum absolute atomic E-state index is 0.0388. The van der Waals surface area contributed by atoms with Gasteiger partial charge in [-0.1, -0.05) is 13.3 Å². The third-order valence-electron chi connectivity index (χ3n) is 2.46. The molecule has 1 aromatic rings. The van der Waals surface area contributed by atoms with Gasteiger partial charge in [0.25, 0.3) is 5.91 Å². The van der Waals surface area contributed by atoms with Crippen molar-refractivity contribution in [2.24, 2.45) is 5.14 Å². The lowest BCUT2D eigenvalue weighted by Crippen LogP contribution is -2.25. The molecule has 0 fully saturated rings. The highest BCUT2D eigenvalue weighted by atomic mass is 32.2. The summed E-state index contributed by atoms with van der Waals surface area (Å²) < 4.78 is 22.5. The van der Waals surface area contributed by atoms with Gasteiger partial charge in [0.15, 0.2) is 0 Å². The first kappa shape index (κ1) is 14.7. The van der Waals surface area contributed by atoms with Crippen molar-refractivity contribution in [1.82, 2.24) is 5.32 Å². The highest BCUT2D eigenvalue weighted by Gasteiger charge is 2.13. The molecule has 3 N–H and O–H groups in total. The van der Waals surface area contributed by atoms with Crippen molar-refractivity contribution >= 4 is 15.9 Å². The van der Waals surface area contributed by atoms with E-state index in [1.165, 1.54) is 12.1 Å². The van der Waals surface area contributed by atoms with E-state index >= 15 is 0 Å². The number of primary sulfonamides is 1. The molecule has 5 nitrogen and oxygen atoms in total. The number of carbonyl (C=O) groups excluding carboxylic acids is 1. The van der Waals surface area contributed by atoms with Gasteiger partial charge in [0.2, 0.25) is 10.0 Å². The zero-order valence-electron chi connectivity index (χ0n) is 10.6. The van der Waals surface area contributed by atoms with Gasteiger partial charge >= 0.3 is 0 Å². The summed E-state index contributed by atoms with van der Waals surface area (Å²) in [6.45, 7) is 4.32. The average molecular weight is 270 g/mol. The van der Waals surface area contributed by atoms with Crippen molar-refractivity contribution in [2.45, 2.75) is 31.6 Å². The zero-order chi connectivity index (χ0) is 13.8. The molecule has 1 amide bonds. The first-order chi connectivity index (χ1) is 8.34. The molecule has 0 aliphatic heterocycles. The number of nitrogens with one attached hydrogen (secondary N) is 1. The number of carbonyl (C=O) groups is 1. The van der Waals surface area contributed by atoms with Crippen LogP contribution in [-0.4, -0.2) is 20.9 Å². The lowest BCUT2D eigenvalue weighted by Gasteiger charge is -2.07. The molecule has 0 unspecified atom stereocenters. The average Bonchev–Trinajstić information content (AvgIpc) is 2.27. The predicted octanol–water partition coefficient (Wildman–Crippen LogP) is 1.17. The van der Waals surface area contributed by atoms with Crippen LogP contribution in [0.15, 0.2) is 23.1 Å². The quantitative estimate of drug-likeness (QED) is 0.787. The van der Waals surface area contributed by atoms with Gasteiger partial charge in [-0.15, -0.1) is 0 Å². The highest BCUT2D eigenvalue weighted by Crippen LogP contribution is 2.13. The van der Waals surface area contributed by atoms with E-state index in [-0.39, 0.29) is 10.8 Å². The summed E-state index contributed by atoms with van der Waals surface area (Å²) in [5, 5.41) is 7.79. The molecule has 0 spiro atoms. The lowest BCUT2D eigenvalue weighted by molar-refractivity contribution is 0.0953. The molecule has 0 heterocycles. The normalized spacial score (nSPS) is 11.3. The first-order valence-corrected chi connectivity index (χ1v) is 7.32. The monoisotopic (exact) mass is 270 g/mol. The van der Waals surface area contributed by atoms with Gasteiger partial charge in [0.1, 0.15) is 0 Å². The van der Waals surface area contributed by atoms with E-state index in [1.54, 1.807) is 13.0 Å². The molecule has 0 aromatic heterocycles. The van der Waals surface area contributed by atoms with Crippen molar-refractivity contribution in [2.75, 3.05) is 6.54 Å². The van der Waals surface area contributed by atoms with E-state index in [9.17, 15) is 13.2 Å². The molecular formula is C12H18N2O3S. The fourth-order valence-corrected chi connectivity index (χ4v) is 2.17. The summed E-state index contributed by atoms with van der Waals surface area (Å²) in [6, 6.07) is 4.37. The van der Waals surface area contributed by atoms with Gasteiger partial charge < -0.3 is 5.32 Å². The number of amides is 1. The molecule has 0 aliphatic rings. The Balaban J connectivity index is 2.96. The van der Waals surface area contributed by atoms with Crippen LogP contribution < -0.4 is 10.5 Å². The van der Waals surface area contributed by atoms with Crippen molar-refractivity contribution in [3.8, 4) is 0 Å². The molecule has 100 valence electrons. The summed E-state index contributed by atoms with van der Waals surface area (Å²) in [5.41, 5.74) is 0.997. The number of sulfonamides is 1. The molecule has 0 bridgehead atoms. The Labute approximate surface area is 107 Å². The van der Waals surface area contributed by atoms with Gasteiger partial charge in [-0.2, -0.15) is 0 Å². The van der Waals surface area contributed by atoms with Gasteiger partial charge in [0.05, 0.1) is 4.90 Å². The van der Waals surface area contributed by atoms with Crippen molar-refractivity contribution in [3.63, 3.8) is 0 Å². The number of rotatable bonds is 5. The molecular weight excluding hydrogens is 252 g/mol. The Bertz CT molecular complexity index is 538. The third kappa shape index (κ3) is 4.12. The van der Waals surface area contributed by atoms with E-state index in [0.717, 1.165) is 12.8 Å². The Morgan fingerprint density at radius 2 is 2.00 bits per heavy atom. The predicted molar refractivity (Wildman–Crippen MR) is 69.8 cm³/mol. The highest BCUT2D eigenvalue weighted by molar-refractivity contribution is 7.89. The fraction of sp³-hybridized carbons (Fsp3) is 0.417. The van der Waals surface area contributed by atoms with Crippen LogP contribution in [0.25, 0.3) is 0 Å². The van der Waals surface area contributed by atoms with Crippen molar-refractivity contribution < 1.29 is 13.2 Å². The maximum absolute atomic E-state index is 11.8. The summed E-state index contributed by atoms with van der Waals surface area (Å²) in [5.74, 6) is -0.281. The van der Waals surface area contributed by atoms with Gasteiger partial charge in [-0.05, 0) is 37.1 Å². The minimum Gasteiger partial charge on any atom is -0.352 e. The van der Waals surface area contributed by atoms with E-state index in [2.05, 4.69) is 5.32 Å². The standard InChI is InChI=1S/C12H18N2O3S/c1-3-4-5-14-12(15)10-6-9(2)7-11(8-10)18(13,16)17/h6-8H,3-5H2,1-2H3,(H,14,15)(H2,13,16,17). The van der Waals surface area contributed by atoms with Gasteiger partial charge in [-0.25, -0.2) is 13.6 Å². The zero-order valence-corrected chi connectivity index (χ0v) is 11.4. The Morgan fingerprint density at radius 1 is 1.33 bits per heavy atom. The van der Waals surface area contributed by atoms with Crippen LogP contribution in [0.4, 0.5) is 0 Å². The van der Waals surface area contributed by atoms with E-state index < -0.39 is 10.0 Å². The topological polar surface area (TPSA) is 89.3 Å². The number of aryl methyl sites for hydroxylation is 1. The van der Waals surface area contributed by atoms with Crippen LogP contribution in [-0.2, 0) is 10.0 Å². The van der Waals surface area contributed by atoms with Crippen LogP contribution >= 0.6 is 0 Å². The molecule has 0 radical (unpaired) electrons. The van der Waals surface area contributed by atoms with Crippen LogP contribution in [0.1, 0.15) is 35.7 Å². The molecule has 6 heteroatoms. The number of hydrogen-bond donors (Lipinski definition) is 2. The first-order valence-electron chi connectivity index (χ1n) is 5.77. The maximum Gasteiger partial charge on any atom is 0.251 e. The summed E-state index contributed by atoms with van der Waals surface area (Å²) in [7, 11) is -3.79. The van der Waals surface area contributed by atoms with Crippen molar-refractivity contribution in [3.05, 3.63) is 29.3 Å². The second kappa shape index (κ2) is 5.97. The Morgan fingerprint density at radius 3 is 2.56 bits per heavy atom. The van der Waals surface area contributed by atoms with E-state index in [4.69, 9.17) is 5.14 Å². The second-order valence-electron chi connectivity index (χ2n) is 4.19. The van der Waals surface area contributed by atoms with Crippen LogP contribution in [0.5, 0.6) is 0 Å². The smallest absolute Gasteiger partial charge is 0.251 e. The largest absolute Gasteiger partial charge is 0.352 e. The number of benzene rings is 1. The number of nitrogens with two attached hydrogens (primary N) is 1. The lowest BCUT2D eigenvalue weighted by atomic mass is 10.1. The Hall–Kier alpha value is -1.40. The molecule has 0 saturated heterocycles. The molecule has 0 atom stereocenters. The Kier molecular flexibility index (Phi) is 4.86. The minimum atomic E-state index is -3.79. The molecule has 18 heavy (non-hydrogen) atoms. The SMILES string of the molecule is CCCCNC(=O)c1cc(C)cc(S(N)(=O)=O)c1. The number of unbranched alkanes of at least 4 members (excludes halogenated alkanes) is 1. The third-order valence-corrected chi connectivity index (χ3v) is 3.35. The van der Waals surface area contributed by atoms with E-state index in [1.807, 2.05) is 6.92 Å². The van der Waals surface area contributed by atoms with Crippen LogP contribution in [0, 0.1) is 6.92 Å². The van der Waals surface area contributed by atoms with Crippen LogP contribution in [0.2, 0.25) is 0 Å². The number of hydrogen-bond acceptors (Lipinski definition) is 3. The molecule has 1 rings (SSSR count). The summed E-state index contributed by atoms with van der Waals surface area (Å²) in [6.07, 6.45) is 1.87. The van der Waals surface area contributed by atoms with Gasteiger partial charge in [-0.3, -0.25) is 4.79 Å². The molecule has 0 saturated carbocycles. The molecule has 1 aromatic carbocycles. The fourth-order valence-electron chi connectivity index (χ4n) is 1.52. The van der Waals surface area contributed by atoms with E-state index in [0.29, 0.717) is 17.7 Å². The van der Waals surface area contributed by atoms with Gasteiger partial charge in [0, 0.05) is 12.1 Å². The second-order valence-corrected chi connectivity index (χ2v) is 5.75. The summed E-state index contributed by atoms with van der Waals surface area (Å²) >= 11 is 0. The maximum atomic E-state index is 11.8.